The van der Waals surface area contributed by atoms with Crippen molar-refractivity contribution in [2.24, 2.45) is 0 Å². The van der Waals surface area contributed by atoms with Gasteiger partial charge in [0.25, 0.3) is 0 Å². The number of nitrogens with zero attached hydrogens (tertiary/aromatic N) is 2. The van der Waals surface area contributed by atoms with Gasteiger partial charge in [0.05, 0.1) is 5.69 Å². The summed E-state index contributed by atoms with van der Waals surface area (Å²) in [4.78, 5) is 4.40. The van der Waals surface area contributed by atoms with Crippen molar-refractivity contribution in [1.82, 2.24) is 20.5 Å². The van der Waals surface area contributed by atoms with Crippen molar-refractivity contribution < 1.29 is 0 Å². The second kappa shape index (κ2) is 3.40. The van der Waals surface area contributed by atoms with E-state index in [0.29, 0.717) is 12.1 Å². The number of nitrogens with one attached hydrogen (secondary N) is 2. The van der Waals surface area contributed by atoms with E-state index in [-0.39, 0.29) is 0 Å². The third-order valence-corrected chi connectivity index (χ3v) is 3.83. The Hall–Kier alpha value is -1.68. The van der Waals surface area contributed by atoms with E-state index >= 15 is 0 Å². The second-order valence-electron chi connectivity index (χ2n) is 4.88. The van der Waals surface area contributed by atoms with Crippen molar-refractivity contribution >= 4 is 0 Å². The number of hydrogen-bond donors (Lipinski definition) is 2. The number of rotatable bonds is 1. The van der Waals surface area contributed by atoms with Crippen molar-refractivity contribution in [1.29, 1.82) is 0 Å². The number of H-pyrrole nitrogens is 1. The molecule has 86 valence electrons. The first-order chi connectivity index (χ1) is 8.42. The largest absolute Gasteiger partial charge is 0.307 e. The van der Waals surface area contributed by atoms with Crippen molar-refractivity contribution in [3.05, 3.63) is 35.7 Å². The molecule has 1 saturated heterocycles. The van der Waals surface area contributed by atoms with Crippen molar-refractivity contribution in [2.75, 3.05) is 0 Å². The van der Waals surface area contributed by atoms with E-state index in [9.17, 15) is 0 Å². The molecular weight excluding hydrogens is 212 g/mol. The topological polar surface area (TPSA) is 53.6 Å². The summed E-state index contributed by atoms with van der Waals surface area (Å²) < 4.78 is 0. The van der Waals surface area contributed by atoms with E-state index in [1.54, 1.807) is 0 Å². The molecule has 2 aromatic rings. The van der Waals surface area contributed by atoms with Gasteiger partial charge in [-0.25, -0.2) is 0 Å². The molecular formula is C13H14N4. The molecule has 2 atom stereocenters. The Labute approximate surface area is 99.5 Å². The maximum Gasteiger partial charge on any atom is 0.115 e. The van der Waals surface area contributed by atoms with Crippen LogP contribution in [0.15, 0.2) is 24.4 Å². The molecule has 0 aromatic carbocycles. The predicted octanol–water partition coefficient (Wildman–Crippen LogP) is 1.82. The van der Waals surface area contributed by atoms with Crippen molar-refractivity contribution in [3.8, 4) is 11.4 Å². The lowest BCUT2D eigenvalue weighted by atomic mass is 9.98. The molecule has 0 aliphatic carbocycles. The summed E-state index contributed by atoms with van der Waals surface area (Å²) in [7, 11) is 0. The Morgan fingerprint density at radius 2 is 2.24 bits per heavy atom. The molecule has 2 bridgehead atoms. The molecule has 0 amide bonds. The molecule has 2 unspecified atom stereocenters. The second-order valence-corrected chi connectivity index (χ2v) is 4.88. The summed E-state index contributed by atoms with van der Waals surface area (Å²) in [6, 6.07) is 7.09. The van der Waals surface area contributed by atoms with Crippen LogP contribution in [-0.2, 0) is 6.42 Å². The summed E-state index contributed by atoms with van der Waals surface area (Å²) in [6.45, 7) is 0. The van der Waals surface area contributed by atoms with Gasteiger partial charge in [0.15, 0.2) is 0 Å². The van der Waals surface area contributed by atoms with E-state index in [4.69, 9.17) is 0 Å². The molecule has 4 heteroatoms. The predicted molar refractivity (Wildman–Crippen MR) is 64.4 cm³/mol. The first-order valence-corrected chi connectivity index (χ1v) is 6.16. The van der Waals surface area contributed by atoms with Crippen LogP contribution in [0.2, 0.25) is 0 Å². The molecule has 0 spiro atoms. The van der Waals surface area contributed by atoms with Gasteiger partial charge in [0.1, 0.15) is 5.69 Å². The fourth-order valence-corrected chi connectivity index (χ4v) is 3.07. The van der Waals surface area contributed by atoms with Gasteiger partial charge < -0.3 is 5.32 Å². The van der Waals surface area contributed by atoms with Gasteiger partial charge in [0.2, 0.25) is 0 Å². The third-order valence-electron chi connectivity index (χ3n) is 3.83. The van der Waals surface area contributed by atoms with Crippen LogP contribution >= 0.6 is 0 Å². The number of hydrogen-bond acceptors (Lipinski definition) is 3. The Morgan fingerprint density at radius 3 is 3.12 bits per heavy atom. The fraction of sp³-hybridized carbons (Fsp3) is 0.385. The lowest BCUT2D eigenvalue weighted by Gasteiger charge is -2.21. The maximum atomic E-state index is 4.46. The Kier molecular flexibility index (Phi) is 1.87. The highest BCUT2D eigenvalue weighted by Gasteiger charge is 2.36. The lowest BCUT2D eigenvalue weighted by Crippen LogP contribution is -2.31. The molecule has 4 nitrogen and oxygen atoms in total. The van der Waals surface area contributed by atoms with Gasteiger partial charge in [0, 0.05) is 36.0 Å². The summed E-state index contributed by atoms with van der Waals surface area (Å²) >= 11 is 0. The minimum absolute atomic E-state index is 0.472. The van der Waals surface area contributed by atoms with Crippen molar-refractivity contribution in [2.45, 2.75) is 31.3 Å². The quantitative estimate of drug-likeness (QED) is 0.780. The summed E-state index contributed by atoms with van der Waals surface area (Å²) in [6.07, 6.45) is 5.39. The molecule has 17 heavy (non-hydrogen) atoms. The van der Waals surface area contributed by atoms with Gasteiger partial charge in [-0.2, -0.15) is 5.10 Å². The van der Waals surface area contributed by atoms with E-state index in [1.807, 2.05) is 24.4 Å². The standard InChI is InChI=1S/C13H14N4/c1-2-6-14-10(3-1)13-12-9-5-4-8(15-9)7-11(12)16-17-13/h1-3,6,8-9,15H,4-5,7H2,(H,16,17). The molecule has 2 N–H and O–H groups in total. The third kappa shape index (κ3) is 1.34. The number of fused-ring (bicyclic) bond motifs is 4. The zero-order valence-corrected chi connectivity index (χ0v) is 9.48. The summed E-state index contributed by atoms with van der Waals surface area (Å²) in [5.74, 6) is 0. The fourth-order valence-electron chi connectivity index (χ4n) is 3.07. The Bertz CT molecular complexity index is 546. The van der Waals surface area contributed by atoms with Crippen LogP contribution in [-0.4, -0.2) is 21.2 Å². The minimum Gasteiger partial charge on any atom is -0.307 e. The minimum atomic E-state index is 0.472. The van der Waals surface area contributed by atoms with Gasteiger partial charge in [-0.1, -0.05) is 6.07 Å². The van der Waals surface area contributed by atoms with Crippen LogP contribution in [0.3, 0.4) is 0 Å². The Balaban J connectivity index is 1.87. The number of pyridine rings is 1. The summed E-state index contributed by atoms with van der Waals surface area (Å²) in [5.41, 5.74) is 4.64. The highest BCUT2D eigenvalue weighted by Crippen LogP contribution is 2.39. The molecule has 2 aromatic heterocycles. The van der Waals surface area contributed by atoms with Gasteiger partial charge in [-0.3, -0.25) is 10.1 Å². The molecule has 0 radical (unpaired) electrons. The van der Waals surface area contributed by atoms with Gasteiger partial charge >= 0.3 is 0 Å². The molecule has 4 heterocycles. The van der Waals surface area contributed by atoms with Crippen LogP contribution in [0.25, 0.3) is 11.4 Å². The zero-order chi connectivity index (χ0) is 11.2. The van der Waals surface area contributed by atoms with Gasteiger partial charge in [-0.05, 0) is 25.0 Å². The number of aromatic amines is 1. The molecule has 0 saturated carbocycles. The van der Waals surface area contributed by atoms with E-state index < -0.39 is 0 Å². The number of aromatic nitrogens is 3. The summed E-state index contributed by atoms with van der Waals surface area (Å²) in [5, 5.41) is 11.3. The van der Waals surface area contributed by atoms with E-state index in [0.717, 1.165) is 17.8 Å². The molecule has 2 aliphatic rings. The maximum absolute atomic E-state index is 4.46. The Morgan fingerprint density at radius 1 is 1.24 bits per heavy atom. The normalized spacial score (nSPS) is 25.9. The SMILES string of the molecule is c1ccc(-c2n[nH]c3c2C2CCC(C3)N2)nc1. The van der Waals surface area contributed by atoms with Gasteiger partial charge in [-0.15, -0.1) is 0 Å². The van der Waals surface area contributed by atoms with Crippen LogP contribution in [0.5, 0.6) is 0 Å². The van der Waals surface area contributed by atoms with E-state index in [2.05, 4.69) is 20.5 Å². The molecule has 2 aliphatic heterocycles. The average Bonchev–Trinajstić information content (AvgIpc) is 2.96. The van der Waals surface area contributed by atoms with Crippen molar-refractivity contribution in [3.63, 3.8) is 0 Å². The van der Waals surface area contributed by atoms with Crippen LogP contribution in [0, 0.1) is 0 Å². The lowest BCUT2D eigenvalue weighted by molar-refractivity contribution is 0.511. The zero-order valence-electron chi connectivity index (χ0n) is 9.48. The first kappa shape index (κ1) is 9.36. The highest BCUT2D eigenvalue weighted by atomic mass is 15.2. The molecule has 4 rings (SSSR count). The van der Waals surface area contributed by atoms with Crippen LogP contribution in [0.4, 0.5) is 0 Å². The molecule has 1 fully saturated rings. The monoisotopic (exact) mass is 226 g/mol. The van der Waals surface area contributed by atoms with Crippen LogP contribution in [0.1, 0.15) is 30.1 Å². The van der Waals surface area contributed by atoms with E-state index in [1.165, 1.54) is 24.1 Å². The highest BCUT2D eigenvalue weighted by molar-refractivity contribution is 5.61. The smallest absolute Gasteiger partial charge is 0.115 e. The average molecular weight is 226 g/mol. The van der Waals surface area contributed by atoms with Crippen LogP contribution < -0.4 is 5.32 Å². The first-order valence-electron chi connectivity index (χ1n) is 6.16.